The highest BCUT2D eigenvalue weighted by atomic mass is 16.6. The van der Waals surface area contributed by atoms with Gasteiger partial charge < -0.3 is 19.7 Å². The topological polar surface area (TPSA) is 67.9 Å². The Morgan fingerprint density at radius 2 is 2.06 bits per heavy atom. The fraction of sp³-hybridized carbons (Fsp3) is 0.818. The second-order valence-electron chi connectivity index (χ2n) is 4.96. The van der Waals surface area contributed by atoms with E-state index in [0.717, 1.165) is 0 Å². The van der Waals surface area contributed by atoms with Crippen LogP contribution in [0.25, 0.3) is 0 Å². The summed E-state index contributed by atoms with van der Waals surface area (Å²) < 4.78 is 9.88. The quantitative estimate of drug-likeness (QED) is 0.687. The minimum atomic E-state index is -0.525. The van der Waals surface area contributed by atoms with Crippen LogP contribution in [0.5, 0.6) is 0 Å². The first-order chi connectivity index (χ1) is 7.83. The molecule has 1 rings (SSSR count). The number of rotatable bonds is 1. The van der Waals surface area contributed by atoms with Crippen molar-refractivity contribution in [2.45, 2.75) is 32.4 Å². The van der Waals surface area contributed by atoms with E-state index in [1.807, 2.05) is 20.8 Å². The van der Waals surface area contributed by atoms with E-state index in [1.165, 1.54) is 12.0 Å². The molecule has 6 nitrogen and oxygen atoms in total. The Labute approximate surface area is 103 Å². The number of hydrogen-bond donors (Lipinski definition) is 1. The standard InChI is InChI=1S/C11H20N2O4.H2/c1-11(2,3)17-10(15)13-6-5-12-8(7-13)9(14)16-4;/h8,12H,5-7H2,1-4H3;1H/t8-;/m1./s1. The van der Waals surface area contributed by atoms with Gasteiger partial charge in [-0.15, -0.1) is 0 Å². The molecule has 1 fully saturated rings. The van der Waals surface area contributed by atoms with Gasteiger partial charge in [-0.3, -0.25) is 4.79 Å². The molecule has 100 valence electrons. The molecular weight excluding hydrogens is 224 g/mol. The van der Waals surface area contributed by atoms with E-state index in [2.05, 4.69) is 10.1 Å². The van der Waals surface area contributed by atoms with Crippen molar-refractivity contribution >= 4 is 12.1 Å². The maximum absolute atomic E-state index is 11.8. The zero-order chi connectivity index (χ0) is 13.1. The summed E-state index contributed by atoms with van der Waals surface area (Å²) in [4.78, 5) is 24.7. The second kappa shape index (κ2) is 5.35. The molecule has 0 saturated carbocycles. The summed E-state index contributed by atoms with van der Waals surface area (Å²) in [6.07, 6.45) is -0.395. The summed E-state index contributed by atoms with van der Waals surface area (Å²) in [5, 5.41) is 2.99. The van der Waals surface area contributed by atoms with Crippen LogP contribution in [0.15, 0.2) is 0 Å². The number of piperazine rings is 1. The van der Waals surface area contributed by atoms with Gasteiger partial charge in [0.25, 0.3) is 0 Å². The van der Waals surface area contributed by atoms with Gasteiger partial charge in [0.15, 0.2) is 0 Å². The minimum absolute atomic E-state index is 0. The number of carbonyl (C=O) groups excluding carboxylic acids is 2. The summed E-state index contributed by atoms with van der Waals surface area (Å²) in [7, 11) is 1.33. The lowest BCUT2D eigenvalue weighted by atomic mass is 10.2. The average Bonchev–Trinajstić information content (AvgIpc) is 2.26. The van der Waals surface area contributed by atoms with Gasteiger partial charge in [-0.1, -0.05) is 0 Å². The zero-order valence-electron chi connectivity index (χ0n) is 10.8. The van der Waals surface area contributed by atoms with Crippen LogP contribution in [-0.4, -0.2) is 55.3 Å². The van der Waals surface area contributed by atoms with E-state index >= 15 is 0 Å². The van der Waals surface area contributed by atoms with Crippen molar-refractivity contribution in [2.75, 3.05) is 26.7 Å². The van der Waals surface area contributed by atoms with Gasteiger partial charge in [0.05, 0.1) is 13.7 Å². The first-order valence-electron chi connectivity index (χ1n) is 5.62. The molecule has 0 bridgehead atoms. The lowest BCUT2D eigenvalue weighted by Crippen LogP contribution is -2.56. The smallest absolute Gasteiger partial charge is 0.410 e. The van der Waals surface area contributed by atoms with Gasteiger partial charge in [-0.05, 0) is 20.8 Å². The molecule has 1 aliphatic heterocycles. The van der Waals surface area contributed by atoms with Crippen LogP contribution >= 0.6 is 0 Å². The van der Waals surface area contributed by atoms with Gasteiger partial charge >= 0.3 is 12.1 Å². The molecule has 0 unspecified atom stereocenters. The van der Waals surface area contributed by atoms with E-state index in [9.17, 15) is 9.59 Å². The number of nitrogens with one attached hydrogen (secondary N) is 1. The molecular formula is C11H22N2O4. The number of esters is 1. The molecule has 0 radical (unpaired) electrons. The Morgan fingerprint density at radius 1 is 1.41 bits per heavy atom. The van der Waals surface area contributed by atoms with Crippen LogP contribution in [0.1, 0.15) is 22.2 Å². The zero-order valence-corrected chi connectivity index (χ0v) is 10.8. The van der Waals surface area contributed by atoms with Crippen molar-refractivity contribution in [3.63, 3.8) is 0 Å². The van der Waals surface area contributed by atoms with Crippen molar-refractivity contribution in [3.8, 4) is 0 Å². The Bertz CT molecular complexity index is 304. The fourth-order valence-electron chi connectivity index (χ4n) is 1.54. The molecule has 17 heavy (non-hydrogen) atoms. The van der Waals surface area contributed by atoms with Crippen molar-refractivity contribution in [1.82, 2.24) is 10.2 Å². The molecule has 1 N–H and O–H groups in total. The summed E-state index contributed by atoms with van der Waals surface area (Å²) >= 11 is 0. The largest absolute Gasteiger partial charge is 0.468 e. The molecule has 0 aromatic rings. The number of amides is 1. The Balaban J connectivity index is 0.00000289. The van der Waals surface area contributed by atoms with Crippen LogP contribution in [0.3, 0.4) is 0 Å². The van der Waals surface area contributed by atoms with Crippen LogP contribution in [0.2, 0.25) is 0 Å². The first kappa shape index (κ1) is 13.8. The van der Waals surface area contributed by atoms with E-state index in [-0.39, 0.29) is 13.9 Å². The Kier molecular flexibility index (Phi) is 4.34. The lowest BCUT2D eigenvalue weighted by Gasteiger charge is -2.33. The highest BCUT2D eigenvalue weighted by Gasteiger charge is 2.31. The molecule has 0 spiro atoms. The summed E-state index contributed by atoms with van der Waals surface area (Å²) in [6.45, 7) is 6.80. The normalized spacial score (nSPS) is 20.9. The SMILES string of the molecule is COC(=O)[C@H]1CN(C(=O)OC(C)(C)C)CCN1.[HH]. The number of hydrogen-bond acceptors (Lipinski definition) is 5. The highest BCUT2D eigenvalue weighted by Crippen LogP contribution is 2.11. The van der Waals surface area contributed by atoms with Crippen molar-refractivity contribution in [2.24, 2.45) is 0 Å². The average molecular weight is 246 g/mol. The number of ether oxygens (including phenoxy) is 2. The second-order valence-corrected chi connectivity index (χ2v) is 4.96. The molecule has 1 saturated heterocycles. The molecule has 6 heteroatoms. The molecule has 1 heterocycles. The maximum Gasteiger partial charge on any atom is 0.410 e. The van der Waals surface area contributed by atoms with Crippen molar-refractivity contribution in [1.29, 1.82) is 0 Å². The van der Waals surface area contributed by atoms with Crippen molar-refractivity contribution < 1.29 is 20.5 Å². The van der Waals surface area contributed by atoms with E-state index in [0.29, 0.717) is 13.1 Å². The molecule has 1 amide bonds. The van der Waals surface area contributed by atoms with E-state index in [1.54, 1.807) is 0 Å². The van der Waals surface area contributed by atoms with Crippen LogP contribution in [0.4, 0.5) is 4.79 Å². The molecule has 1 aliphatic rings. The van der Waals surface area contributed by atoms with Gasteiger partial charge in [0.2, 0.25) is 0 Å². The minimum Gasteiger partial charge on any atom is -0.468 e. The Hall–Kier alpha value is -1.30. The van der Waals surface area contributed by atoms with Gasteiger partial charge in [0, 0.05) is 14.5 Å². The summed E-state index contributed by atoms with van der Waals surface area (Å²) in [5.74, 6) is -0.363. The monoisotopic (exact) mass is 246 g/mol. The van der Waals surface area contributed by atoms with Crippen LogP contribution in [0, 0.1) is 0 Å². The third-order valence-electron chi connectivity index (χ3n) is 2.31. The van der Waals surface area contributed by atoms with E-state index in [4.69, 9.17) is 4.74 Å². The molecule has 0 aromatic heterocycles. The first-order valence-corrected chi connectivity index (χ1v) is 5.62. The lowest BCUT2D eigenvalue weighted by molar-refractivity contribution is -0.144. The maximum atomic E-state index is 11.8. The van der Waals surface area contributed by atoms with Crippen LogP contribution in [-0.2, 0) is 14.3 Å². The highest BCUT2D eigenvalue weighted by molar-refractivity contribution is 5.77. The predicted molar refractivity (Wildman–Crippen MR) is 63.7 cm³/mol. The third kappa shape index (κ3) is 4.22. The van der Waals surface area contributed by atoms with Crippen molar-refractivity contribution in [3.05, 3.63) is 0 Å². The number of carbonyl (C=O) groups is 2. The molecule has 1 atom stereocenters. The summed E-state index contributed by atoms with van der Waals surface area (Å²) in [5.41, 5.74) is -0.525. The fourth-order valence-corrected chi connectivity index (χ4v) is 1.54. The predicted octanol–water partition coefficient (Wildman–Crippen LogP) is 0.614. The third-order valence-corrected chi connectivity index (χ3v) is 2.31. The summed E-state index contributed by atoms with van der Waals surface area (Å²) in [6, 6.07) is -0.471. The van der Waals surface area contributed by atoms with Gasteiger partial charge in [0.1, 0.15) is 11.6 Å². The Morgan fingerprint density at radius 3 is 2.59 bits per heavy atom. The van der Waals surface area contributed by atoms with Gasteiger partial charge in [-0.2, -0.15) is 0 Å². The van der Waals surface area contributed by atoms with E-state index < -0.39 is 17.7 Å². The van der Waals surface area contributed by atoms with Crippen LogP contribution < -0.4 is 5.32 Å². The van der Waals surface area contributed by atoms with Gasteiger partial charge in [-0.25, -0.2) is 4.79 Å². The molecule has 0 aliphatic carbocycles. The number of nitrogens with zero attached hydrogens (tertiary/aromatic N) is 1. The molecule has 0 aromatic carbocycles. The number of methoxy groups -OCH3 is 1.